The molecular formula is C15H22N2O. The van der Waals surface area contributed by atoms with E-state index in [-0.39, 0.29) is 11.8 Å². The van der Waals surface area contributed by atoms with Gasteiger partial charge in [0, 0.05) is 19.6 Å². The number of likely N-dealkylation sites (tertiary alicyclic amines) is 1. The molecule has 1 aromatic rings. The molecule has 1 atom stereocenters. The van der Waals surface area contributed by atoms with E-state index in [1.165, 1.54) is 5.56 Å². The molecule has 1 aliphatic heterocycles. The van der Waals surface area contributed by atoms with Crippen LogP contribution in [0.5, 0.6) is 0 Å². The molecular weight excluding hydrogens is 224 g/mol. The van der Waals surface area contributed by atoms with Gasteiger partial charge in [0.05, 0.1) is 5.92 Å². The van der Waals surface area contributed by atoms with Gasteiger partial charge in [-0.25, -0.2) is 0 Å². The van der Waals surface area contributed by atoms with Crippen LogP contribution in [-0.2, 0) is 11.3 Å². The van der Waals surface area contributed by atoms with Crippen molar-refractivity contribution in [3.63, 3.8) is 0 Å². The Hall–Kier alpha value is -1.35. The third kappa shape index (κ3) is 3.57. The van der Waals surface area contributed by atoms with Gasteiger partial charge in [-0.1, -0.05) is 30.3 Å². The second-order valence-corrected chi connectivity index (χ2v) is 4.95. The van der Waals surface area contributed by atoms with Gasteiger partial charge in [-0.3, -0.25) is 9.69 Å². The summed E-state index contributed by atoms with van der Waals surface area (Å²) in [6.07, 6.45) is 2.14. The Labute approximate surface area is 109 Å². The Bertz CT molecular complexity index is 377. The summed E-state index contributed by atoms with van der Waals surface area (Å²) in [6.45, 7) is 5.65. The highest BCUT2D eigenvalue weighted by molar-refractivity contribution is 5.78. The summed E-state index contributed by atoms with van der Waals surface area (Å²) in [7, 11) is 0. The van der Waals surface area contributed by atoms with E-state index < -0.39 is 0 Å². The zero-order valence-electron chi connectivity index (χ0n) is 11.1. The molecule has 0 spiro atoms. The van der Waals surface area contributed by atoms with E-state index >= 15 is 0 Å². The normalized spacial score (nSPS) is 20.6. The van der Waals surface area contributed by atoms with Gasteiger partial charge in [-0.05, 0) is 31.9 Å². The predicted molar refractivity (Wildman–Crippen MR) is 73.1 cm³/mol. The van der Waals surface area contributed by atoms with Crippen molar-refractivity contribution >= 4 is 5.91 Å². The second kappa shape index (κ2) is 6.55. The van der Waals surface area contributed by atoms with Crippen LogP contribution in [0, 0.1) is 5.92 Å². The lowest BCUT2D eigenvalue weighted by Gasteiger charge is -2.31. The number of carbonyl (C=O) groups is 1. The Morgan fingerprint density at radius 2 is 2.17 bits per heavy atom. The average molecular weight is 246 g/mol. The highest BCUT2D eigenvalue weighted by Crippen LogP contribution is 2.18. The number of nitrogens with one attached hydrogen (secondary N) is 1. The number of hydrogen-bond acceptors (Lipinski definition) is 2. The number of carbonyl (C=O) groups excluding carboxylic acids is 1. The first-order valence-corrected chi connectivity index (χ1v) is 6.83. The Morgan fingerprint density at radius 3 is 2.89 bits per heavy atom. The molecule has 18 heavy (non-hydrogen) atoms. The van der Waals surface area contributed by atoms with Crippen molar-refractivity contribution in [1.29, 1.82) is 0 Å². The van der Waals surface area contributed by atoms with Gasteiger partial charge in [0.1, 0.15) is 0 Å². The molecule has 0 aliphatic carbocycles. The maximum Gasteiger partial charge on any atom is 0.224 e. The first-order valence-electron chi connectivity index (χ1n) is 6.83. The fraction of sp³-hybridized carbons (Fsp3) is 0.533. The van der Waals surface area contributed by atoms with E-state index in [1.54, 1.807) is 0 Å². The van der Waals surface area contributed by atoms with Crippen LogP contribution in [0.15, 0.2) is 30.3 Å². The lowest BCUT2D eigenvalue weighted by atomic mass is 9.96. The van der Waals surface area contributed by atoms with E-state index in [1.807, 2.05) is 13.0 Å². The molecule has 0 bridgehead atoms. The van der Waals surface area contributed by atoms with Crippen molar-refractivity contribution in [1.82, 2.24) is 10.2 Å². The van der Waals surface area contributed by atoms with Gasteiger partial charge in [-0.2, -0.15) is 0 Å². The topological polar surface area (TPSA) is 32.3 Å². The van der Waals surface area contributed by atoms with Crippen LogP contribution in [0.3, 0.4) is 0 Å². The number of piperidine rings is 1. The molecule has 3 nitrogen and oxygen atoms in total. The van der Waals surface area contributed by atoms with Crippen LogP contribution in [-0.4, -0.2) is 30.4 Å². The van der Waals surface area contributed by atoms with E-state index in [9.17, 15) is 4.79 Å². The molecule has 1 N–H and O–H groups in total. The van der Waals surface area contributed by atoms with Gasteiger partial charge in [0.15, 0.2) is 0 Å². The van der Waals surface area contributed by atoms with Crippen molar-refractivity contribution in [2.75, 3.05) is 19.6 Å². The number of rotatable bonds is 4. The summed E-state index contributed by atoms with van der Waals surface area (Å²) >= 11 is 0. The molecule has 1 aliphatic rings. The quantitative estimate of drug-likeness (QED) is 0.881. The molecule has 0 aromatic heterocycles. The summed E-state index contributed by atoms with van der Waals surface area (Å²) in [4.78, 5) is 14.2. The number of hydrogen-bond donors (Lipinski definition) is 1. The molecule has 3 heteroatoms. The summed E-state index contributed by atoms with van der Waals surface area (Å²) < 4.78 is 0. The van der Waals surface area contributed by atoms with Crippen molar-refractivity contribution in [2.24, 2.45) is 5.92 Å². The van der Waals surface area contributed by atoms with Gasteiger partial charge in [0.2, 0.25) is 5.91 Å². The minimum atomic E-state index is 0.169. The summed E-state index contributed by atoms with van der Waals surface area (Å²) in [5.74, 6) is 0.387. The first-order chi connectivity index (χ1) is 8.79. The number of benzene rings is 1. The SMILES string of the molecule is CCNC(=O)[C@H]1CCCN(Cc2ccccc2)C1. The summed E-state index contributed by atoms with van der Waals surface area (Å²) in [5.41, 5.74) is 1.33. The minimum absolute atomic E-state index is 0.169. The minimum Gasteiger partial charge on any atom is -0.356 e. The molecule has 1 fully saturated rings. The largest absolute Gasteiger partial charge is 0.356 e. The lowest BCUT2D eigenvalue weighted by Crippen LogP contribution is -2.42. The van der Waals surface area contributed by atoms with E-state index in [4.69, 9.17) is 0 Å². The van der Waals surface area contributed by atoms with Gasteiger partial charge < -0.3 is 5.32 Å². The lowest BCUT2D eigenvalue weighted by molar-refractivity contribution is -0.126. The van der Waals surface area contributed by atoms with E-state index in [0.717, 1.165) is 39.0 Å². The molecule has 1 amide bonds. The predicted octanol–water partition coefficient (Wildman–Crippen LogP) is 2.03. The zero-order valence-corrected chi connectivity index (χ0v) is 11.1. The van der Waals surface area contributed by atoms with E-state index in [0.29, 0.717) is 0 Å². The Kier molecular flexibility index (Phi) is 4.76. The maximum atomic E-state index is 11.9. The van der Waals surface area contributed by atoms with Crippen molar-refractivity contribution in [3.8, 4) is 0 Å². The highest BCUT2D eigenvalue weighted by atomic mass is 16.1. The van der Waals surface area contributed by atoms with Crippen LogP contribution < -0.4 is 5.32 Å². The Balaban J connectivity index is 1.89. The first kappa shape index (κ1) is 13.1. The monoisotopic (exact) mass is 246 g/mol. The van der Waals surface area contributed by atoms with Crippen LogP contribution in [0.1, 0.15) is 25.3 Å². The third-order valence-electron chi connectivity index (χ3n) is 3.48. The van der Waals surface area contributed by atoms with Crippen LogP contribution in [0.2, 0.25) is 0 Å². The van der Waals surface area contributed by atoms with Crippen molar-refractivity contribution in [3.05, 3.63) is 35.9 Å². The average Bonchev–Trinajstić information content (AvgIpc) is 2.40. The zero-order chi connectivity index (χ0) is 12.8. The van der Waals surface area contributed by atoms with Crippen molar-refractivity contribution in [2.45, 2.75) is 26.3 Å². The fourth-order valence-electron chi connectivity index (χ4n) is 2.57. The second-order valence-electron chi connectivity index (χ2n) is 4.95. The molecule has 1 saturated heterocycles. The van der Waals surface area contributed by atoms with Crippen LogP contribution in [0.25, 0.3) is 0 Å². The standard InChI is InChI=1S/C15H22N2O/c1-2-16-15(18)14-9-6-10-17(12-14)11-13-7-4-3-5-8-13/h3-5,7-8,14H,2,6,9-12H2,1H3,(H,16,18)/t14-/m0/s1. The number of amides is 1. The molecule has 1 heterocycles. The molecule has 0 unspecified atom stereocenters. The van der Waals surface area contributed by atoms with Gasteiger partial charge >= 0.3 is 0 Å². The highest BCUT2D eigenvalue weighted by Gasteiger charge is 2.25. The summed E-state index contributed by atoms with van der Waals surface area (Å²) in [5, 5.41) is 2.93. The van der Waals surface area contributed by atoms with Crippen LogP contribution >= 0.6 is 0 Å². The smallest absolute Gasteiger partial charge is 0.224 e. The molecule has 0 saturated carbocycles. The third-order valence-corrected chi connectivity index (χ3v) is 3.48. The molecule has 2 rings (SSSR count). The Morgan fingerprint density at radius 1 is 1.39 bits per heavy atom. The van der Waals surface area contributed by atoms with Gasteiger partial charge in [-0.15, -0.1) is 0 Å². The van der Waals surface area contributed by atoms with E-state index in [2.05, 4.69) is 34.5 Å². The van der Waals surface area contributed by atoms with Crippen LogP contribution in [0.4, 0.5) is 0 Å². The fourth-order valence-corrected chi connectivity index (χ4v) is 2.57. The molecule has 98 valence electrons. The summed E-state index contributed by atoms with van der Waals surface area (Å²) in [6, 6.07) is 10.5. The number of nitrogens with zero attached hydrogens (tertiary/aromatic N) is 1. The maximum absolute atomic E-state index is 11.9. The molecule has 1 aromatic carbocycles. The van der Waals surface area contributed by atoms with Crippen molar-refractivity contribution < 1.29 is 4.79 Å². The molecule has 0 radical (unpaired) electrons. The van der Waals surface area contributed by atoms with Gasteiger partial charge in [0.25, 0.3) is 0 Å².